The van der Waals surface area contributed by atoms with Crippen LogP contribution in [0, 0.1) is 0 Å². The maximum Gasteiger partial charge on any atom is 0.303 e. The Morgan fingerprint density at radius 1 is 1.40 bits per heavy atom. The van der Waals surface area contributed by atoms with Crippen LogP contribution in [0.1, 0.15) is 44.3 Å². The van der Waals surface area contributed by atoms with Gasteiger partial charge in [0.1, 0.15) is 0 Å². The third kappa shape index (κ3) is 4.58. The molecule has 0 atom stereocenters. The fourth-order valence-corrected chi connectivity index (χ4v) is 1.27. The van der Waals surface area contributed by atoms with E-state index in [1.165, 1.54) is 0 Å². The number of nitrogens with zero attached hydrogens (tertiary/aromatic N) is 2. The van der Waals surface area contributed by atoms with Crippen molar-refractivity contribution < 1.29 is 14.4 Å². The van der Waals surface area contributed by atoms with Crippen molar-refractivity contribution in [3.8, 4) is 0 Å². The Balaban J connectivity index is 2.22. The first kappa shape index (κ1) is 11.7. The zero-order chi connectivity index (χ0) is 11.1. The third-order valence-electron chi connectivity index (χ3n) is 2.02. The van der Waals surface area contributed by atoms with Crippen molar-refractivity contribution in [3.05, 3.63) is 11.7 Å². The first-order valence-corrected chi connectivity index (χ1v) is 5.25. The number of hydrogen-bond donors (Lipinski definition) is 1. The number of aliphatic carboxylic acids is 1. The van der Waals surface area contributed by atoms with Gasteiger partial charge in [-0.1, -0.05) is 12.1 Å². The molecule has 0 saturated carbocycles. The van der Waals surface area contributed by atoms with Gasteiger partial charge in [0.05, 0.1) is 0 Å². The highest BCUT2D eigenvalue weighted by atomic mass is 16.5. The predicted molar refractivity (Wildman–Crippen MR) is 53.5 cm³/mol. The van der Waals surface area contributed by atoms with Crippen molar-refractivity contribution in [2.75, 3.05) is 0 Å². The number of carboxylic acid groups (broad SMARTS) is 1. The smallest absolute Gasteiger partial charge is 0.303 e. The van der Waals surface area contributed by atoms with Gasteiger partial charge in [0.15, 0.2) is 5.82 Å². The van der Waals surface area contributed by atoms with E-state index in [1.807, 2.05) is 0 Å². The first-order chi connectivity index (χ1) is 7.22. The average molecular weight is 212 g/mol. The van der Waals surface area contributed by atoms with Crippen molar-refractivity contribution in [1.82, 2.24) is 10.1 Å². The van der Waals surface area contributed by atoms with Crippen LogP contribution in [-0.2, 0) is 17.6 Å². The topological polar surface area (TPSA) is 76.2 Å². The molecule has 0 unspecified atom stereocenters. The van der Waals surface area contributed by atoms with Gasteiger partial charge in [0.25, 0.3) is 0 Å². The van der Waals surface area contributed by atoms with E-state index in [2.05, 4.69) is 17.1 Å². The zero-order valence-corrected chi connectivity index (χ0v) is 8.90. The molecule has 0 fully saturated rings. The molecule has 1 heterocycles. The Morgan fingerprint density at radius 3 is 2.87 bits per heavy atom. The van der Waals surface area contributed by atoms with E-state index in [1.54, 1.807) is 0 Å². The van der Waals surface area contributed by atoms with Crippen LogP contribution in [0.25, 0.3) is 0 Å². The summed E-state index contributed by atoms with van der Waals surface area (Å²) in [7, 11) is 0. The molecule has 1 rings (SSSR count). The van der Waals surface area contributed by atoms with E-state index in [0.29, 0.717) is 18.7 Å². The molecule has 0 radical (unpaired) electrons. The fraction of sp³-hybridized carbons (Fsp3) is 0.700. The standard InChI is InChI=1S/C10H16N2O3/c1-2-5-8-11-9(15-12-8)6-3-4-7-10(13)14/h2-7H2,1H3,(H,13,14). The second-order valence-corrected chi connectivity index (χ2v) is 3.46. The summed E-state index contributed by atoms with van der Waals surface area (Å²) in [6.45, 7) is 2.06. The highest BCUT2D eigenvalue weighted by Gasteiger charge is 2.05. The third-order valence-corrected chi connectivity index (χ3v) is 2.02. The van der Waals surface area contributed by atoms with Gasteiger partial charge >= 0.3 is 5.97 Å². The van der Waals surface area contributed by atoms with E-state index in [0.717, 1.165) is 25.1 Å². The van der Waals surface area contributed by atoms with Crippen molar-refractivity contribution >= 4 is 5.97 Å². The van der Waals surface area contributed by atoms with Gasteiger partial charge in [0.2, 0.25) is 5.89 Å². The van der Waals surface area contributed by atoms with E-state index >= 15 is 0 Å². The minimum absolute atomic E-state index is 0.204. The molecular weight excluding hydrogens is 196 g/mol. The van der Waals surface area contributed by atoms with Crippen LogP contribution >= 0.6 is 0 Å². The van der Waals surface area contributed by atoms with Crippen LogP contribution in [0.3, 0.4) is 0 Å². The molecule has 5 nitrogen and oxygen atoms in total. The summed E-state index contributed by atoms with van der Waals surface area (Å²) in [6, 6.07) is 0. The lowest BCUT2D eigenvalue weighted by molar-refractivity contribution is -0.137. The maximum atomic E-state index is 10.2. The lowest BCUT2D eigenvalue weighted by Crippen LogP contribution is -1.95. The molecule has 84 valence electrons. The van der Waals surface area contributed by atoms with Crippen LogP contribution in [0.4, 0.5) is 0 Å². The van der Waals surface area contributed by atoms with Crippen LogP contribution in [0.5, 0.6) is 0 Å². The van der Waals surface area contributed by atoms with Gasteiger partial charge in [-0.15, -0.1) is 0 Å². The normalized spacial score (nSPS) is 10.5. The SMILES string of the molecule is CCCc1noc(CCCCC(=O)O)n1. The molecule has 15 heavy (non-hydrogen) atoms. The molecule has 0 aromatic carbocycles. The second-order valence-electron chi connectivity index (χ2n) is 3.46. The average Bonchev–Trinajstić information content (AvgIpc) is 2.61. The summed E-state index contributed by atoms with van der Waals surface area (Å²) in [6.07, 6.45) is 4.14. The Labute approximate surface area is 88.5 Å². The molecule has 0 aliphatic heterocycles. The summed E-state index contributed by atoms with van der Waals surface area (Å²) in [5.41, 5.74) is 0. The minimum atomic E-state index is -0.757. The van der Waals surface area contributed by atoms with E-state index in [9.17, 15) is 4.79 Å². The van der Waals surface area contributed by atoms with E-state index < -0.39 is 5.97 Å². The Bertz CT molecular complexity index is 309. The van der Waals surface area contributed by atoms with E-state index in [-0.39, 0.29) is 6.42 Å². The highest BCUT2D eigenvalue weighted by Crippen LogP contribution is 2.05. The molecule has 0 aliphatic rings. The van der Waals surface area contributed by atoms with Crippen LogP contribution in [-0.4, -0.2) is 21.2 Å². The lowest BCUT2D eigenvalue weighted by atomic mass is 10.2. The number of aryl methyl sites for hydroxylation is 2. The monoisotopic (exact) mass is 212 g/mol. The van der Waals surface area contributed by atoms with Crippen molar-refractivity contribution in [3.63, 3.8) is 0 Å². The van der Waals surface area contributed by atoms with Crippen LogP contribution in [0.2, 0.25) is 0 Å². The number of carboxylic acids is 1. The first-order valence-electron chi connectivity index (χ1n) is 5.25. The van der Waals surface area contributed by atoms with Crippen LogP contribution < -0.4 is 0 Å². The van der Waals surface area contributed by atoms with Gasteiger partial charge in [-0.3, -0.25) is 4.79 Å². The molecule has 1 aromatic rings. The summed E-state index contributed by atoms with van der Waals surface area (Å²) in [4.78, 5) is 14.4. The van der Waals surface area contributed by atoms with Gasteiger partial charge in [-0.2, -0.15) is 4.98 Å². The molecule has 5 heteroatoms. The van der Waals surface area contributed by atoms with Crippen LogP contribution in [0.15, 0.2) is 4.52 Å². The van der Waals surface area contributed by atoms with Gasteiger partial charge < -0.3 is 9.63 Å². The lowest BCUT2D eigenvalue weighted by Gasteiger charge is -1.93. The molecule has 1 N–H and O–H groups in total. The largest absolute Gasteiger partial charge is 0.481 e. The number of aromatic nitrogens is 2. The molecule has 1 aromatic heterocycles. The second kappa shape index (κ2) is 6.16. The number of hydrogen-bond acceptors (Lipinski definition) is 4. The summed E-state index contributed by atoms with van der Waals surface area (Å²) in [5, 5.41) is 12.3. The number of rotatable bonds is 7. The number of unbranched alkanes of at least 4 members (excludes halogenated alkanes) is 1. The molecule has 0 amide bonds. The molecule has 0 bridgehead atoms. The Hall–Kier alpha value is -1.39. The molecule has 0 spiro atoms. The number of carbonyl (C=O) groups is 1. The summed E-state index contributed by atoms with van der Waals surface area (Å²) in [5.74, 6) is 0.599. The maximum absolute atomic E-state index is 10.2. The van der Waals surface area contributed by atoms with Crippen molar-refractivity contribution in [2.45, 2.75) is 45.4 Å². The fourth-order valence-electron chi connectivity index (χ4n) is 1.27. The summed E-state index contributed by atoms with van der Waals surface area (Å²) < 4.78 is 5.02. The van der Waals surface area contributed by atoms with Crippen molar-refractivity contribution in [2.24, 2.45) is 0 Å². The minimum Gasteiger partial charge on any atom is -0.481 e. The van der Waals surface area contributed by atoms with Crippen molar-refractivity contribution in [1.29, 1.82) is 0 Å². The Kier molecular flexibility index (Phi) is 4.80. The molecule has 0 aliphatic carbocycles. The van der Waals surface area contributed by atoms with Gasteiger partial charge in [-0.05, 0) is 19.3 Å². The molecule has 0 saturated heterocycles. The molecular formula is C10H16N2O3. The summed E-state index contributed by atoms with van der Waals surface area (Å²) >= 11 is 0. The van der Waals surface area contributed by atoms with Gasteiger partial charge in [0, 0.05) is 19.3 Å². The predicted octanol–water partition coefficient (Wildman–Crippen LogP) is 1.82. The zero-order valence-electron chi connectivity index (χ0n) is 8.90. The van der Waals surface area contributed by atoms with E-state index in [4.69, 9.17) is 9.63 Å². The highest BCUT2D eigenvalue weighted by molar-refractivity contribution is 5.66. The Morgan fingerprint density at radius 2 is 2.20 bits per heavy atom. The van der Waals surface area contributed by atoms with Gasteiger partial charge in [-0.25, -0.2) is 0 Å². The quantitative estimate of drug-likeness (QED) is 0.697.